The summed E-state index contributed by atoms with van der Waals surface area (Å²) in [5.74, 6) is 0.941. The predicted molar refractivity (Wildman–Crippen MR) is 75.5 cm³/mol. The Balaban J connectivity index is 1.95. The summed E-state index contributed by atoms with van der Waals surface area (Å²) in [5, 5.41) is 3.28. The lowest BCUT2D eigenvalue weighted by atomic mass is 10.1. The molecule has 0 radical (unpaired) electrons. The lowest BCUT2D eigenvalue weighted by Gasteiger charge is -2.06. The molecule has 2 nitrogen and oxygen atoms in total. The van der Waals surface area contributed by atoms with E-state index in [4.69, 9.17) is 5.73 Å². The molecule has 1 aromatic heterocycles. The molecule has 1 unspecified atom stereocenters. The molecule has 1 atom stereocenters. The number of aromatic nitrogens is 1. The molecule has 0 saturated carbocycles. The zero-order valence-corrected chi connectivity index (χ0v) is 11.6. The number of benzene rings is 1. The van der Waals surface area contributed by atoms with Crippen molar-refractivity contribution in [2.75, 3.05) is 0 Å². The molecule has 0 fully saturated rings. The number of thioether (sulfide) groups is 1. The minimum Gasteiger partial charge on any atom is -0.324 e. The first-order valence-corrected chi connectivity index (χ1v) is 7.41. The molecule has 4 heteroatoms. The first kappa shape index (κ1) is 12.6. The number of thiazole rings is 1. The van der Waals surface area contributed by atoms with E-state index >= 15 is 0 Å². The van der Waals surface area contributed by atoms with Gasteiger partial charge in [0.2, 0.25) is 0 Å². The van der Waals surface area contributed by atoms with Crippen LogP contribution in [0.5, 0.6) is 0 Å². The van der Waals surface area contributed by atoms with Gasteiger partial charge in [-0.1, -0.05) is 12.1 Å². The molecule has 90 valence electrons. The molecule has 17 heavy (non-hydrogen) atoms. The second kappa shape index (κ2) is 5.67. The van der Waals surface area contributed by atoms with Crippen LogP contribution in [0.25, 0.3) is 0 Å². The van der Waals surface area contributed by atoms with Gasteiger partial charge in [0.15, 0.2) is 0 Å². The fraction of sp³-hybridized carbons (Fsp3) is 0.308. The fourth-order valence-corrected chi connectivity index (χ4v) is 3.17. The lowest BCUT2D eigenvalue weighted by Crippen LogP contribution is -2.04. The third-order valence-electron chi connectivity index (χ3n) is 2.43. The number of hydrogen-bond acceptors (Lipinski definition) is 4. The maximum Gasteiger partial charge on any atom is 0.103 e. The van der Waals surface area contributed by atoms with E-state index < -0.39 is 0 Å². The standard InChI is InChI=1S/C13H16N2S2/c1-9-7-17-13(15-9)8-16-12-5-3-11(4-6-12)10(2)14/h3-7,10H,8,14H2,1-2H3. The second-order valence-electron chi connectivity index (χ2n) is 4.03. The Morgan fingerprint density at radius 1 is 1.35 bits per heavy atom. The van der Waals surface area contributed by atoms with Crippen LogP contribution >= 0.6 is 23.1 Å². The van der Waals surface area contributed by atoms with Gasteiger partial charge in [0, 0.05) is 22.0 Å². The third-order valence-corrected chi connectivity index (χ3v) is 4.61. The molecule has 0 bridgehead atoms. The zero-order chi connectivity index (χ0) is 12.3. The molecule has 2 rings (SSSR count). The fourth-order valence-electron chi connectivity index (χ4n) is 1.48. The number of hydrogen-bond donors (Lipinski definition) is 1. The van der Waals surface area contributed by atoms with E-state index in [1.165, 1.54) is 15.5 Å². The van der Waals surface area contributed by atoms with Crippen LogP contribution in [-0.2, 0) is 5.75 Å². The number of aryl methyl sites for hydroxylation is 1. The predicted octanol–water partition coefficient (Wildman–Crippen LogP) is 3.76. The van der Waals surface area contributed by atoms with Crippen molar-refractivity contribution in [2.45, 2.75) is 30.5 Å². The summed E-state index contributed by atoms with van der Waals surface area (Å²) in [7, 11) is 0. The van der Waals surface area contributed by atoms with Crippen LogP contribution in [0, 0.1) is 6.92 Å². The first-order valence-electron chi connectivity index (χ1n) is 5.54. The van der Waals surface area contributed by atoms with Crippen molar-refractivity contribution in [1.82, 2.24) is 4.98 Å². The van der Waals surface area contributed by atoms with Crippen molar-refractivity contribution >= 4 is 23.1 Å². The molecule has 2 aromatic rings. The minimum absolute atomic E-state index is 0.107. The van der Waals surface area contributed by atoms with E-state index in [9.17, 15) is 0 Å². The molecule has 0 aliphatic carbocycles. The van der Waals surface area contributed by atoms with Crippen LogP contribution in [0.15, 0.2) is 34.5 Å². The summed E-state index contributed by atoms with van der Waals surface area (Å²) in [6.45, 7) is 4.03. The molecule has 2 N–H and O–H groups in total. The summed E-state index contributed by atoms with van der Waals surface area (Å²) in [4.78, 5) is 5.72. The van der Waals surface area contributed by atoms with Gasteiger partial charge in [-0.2, -0.15) is 0 Å². The monoisotopic (exact) mass is 264 g/mol. The summed E-state index contributed by atoms with van der Waals surface area (Å²) >= 11 is 3.54. The van der Waals surface area contributed by atoms with E-state index in [1.807, 2.05) is 25.6 Å². The highest BCUT2D eigenvalue weighted by Gasteiger charge is 2.02. The van der Waals surface area contributed by atoms with E-state index in [1.54, 1.807) is 11.3 Å². The van der Waals surface area contributed by atoms with Crippen molar-refractivity contribution in [2.24, 2.45) is 5.73 Å². The molecular formula is C13H16N2S2. The van der Waals surface area contributed by atoms with Gasteiger partial charge in [0.1, 0.15) is 5.01 Å². The van der Waals surface area contributed by atoms with Gasteiger partial charge in [-0.25, -0.2) is 4.98 Å². The quantitative estimate of drug-likeness (QED) is 0.854. The van der Waals surface area contributed by atoms with Crippen LogP contribution in [0.4, 0.5) is 0 Å². The van der Waals surface area contributed by atoms with Crippen molar-refractivity contribution < 1.29 is 0 Å². The van der Waals surface area contributed by atoms with Gasteiger partial charge >= 0.3 is 0 Å². The topological polar surface area (TPSA) is 38.9 Å². The Kier molecular flexibility index (Phi) is 4.20. The van der Waals surface area contributed by atoms with Crippen LogP contribution < -0.4 is 5.73 Å². The minimum atomic E-state index is 0.107. The molecule has 0 spiro atoms. The van der Waals surface area contributed by atoms with Crippen LogP contribution in [0.3, 0.4) is 0 Å². The molecule has 0 amide bonds. The van der Waals surface area contributed by atoms with Gasteiger partial charge in [-0.05, 0) is 31.5 Å². The van der Waals surface area contributed by atoms with Crippen LogP contribution in [0.1, 0.15) is 29.2 Å². The summed E-state index contributed by atoms with van der Waals surface area (Å²) in [6.07, 6.45) is 0. The largest absolute Gasteiger partial charge is 0.324 e. The Morgan fingerprint density at radius 2 is 2.06 bits per heavy atom. The SMILES string of the molecule is Cc1csc(CSc2ccc(C(C)N)cc2)n1. The van der Waals surface area contributed by atoms with Gasteiger partial charge in [0.05, 0.1) is 5.75 Å². The lowest BCUT2D eigenvalue weighted by molar-refractivity contribution is 0.817. The maximum absolute atomic E-state index is 5.82. The van der Waals surface area contributed by atoms with Crippen LogP contribution in [0.2, 0.25) is 0 Å². The molecule has 1 aromatic carbocycles. The van der Waals surface area contributed by atoms with Gasteiger partial charge < -0.3 is 5.73 Å². The second-order valence-corrected chi connectivity index (χ2v) is 6.02. The van der Waals surface area contributed by atoms with E-state index in [0.717, 1.165) is 11.4 Å². The van der Waals surface area contributed by atoms with Gasteiger partial charge in [-0.3, -0.25) is 0 Å². The number of nitrogens with two attached hydrogens (primary N) is 1. The Hall–Kier alpha value is -0.840. The molecule has 0 aliphatic heterocycles. The van der Waals surface area contributed by atoms with Gasteiger partial charge in [-0.15, -0.1) is 23.1 Å². The van der Waals surface area contributed by atoms with Crippen molar-refractivity contribution in [3.63, 3.8) is 0 Å². The van der Waals surface area contributed by atoms with Crippen molar-refractivity contribution in [3.8, 4) is 0 Å². The average Bonchev–Trinajstić information content (AvgIpc) is 2.73. The highest BCUT2D eigenvalue weighted by molar-refractivity contribution is 7.98. The van der Waals surface area contributed by atoms with Gasteiger partial charge in [0.25, 0.3) is 0 Å². The molecular weight excluding hydrogens is 248 g/mol. The Morgan fingerprint density at radius 3 is 2.59 bits per heavy atom. The summed E-state index contributed by atoms with van der Waals surface area (Å²) in [5.41, 5.74) is 8.11. The summed E-state index contributed by atoms with van der Waals surface area (Å²) in [6, 6.07) is 8.56. The average molecular weight is 264 g/mol. The highest BCUT2D eigenvalue weighted by Crippen LogP contribution is 2.25. The zero-order valence-electron chi connectivity index (χ0n) is 10.0. The number of rotatable bonds is 4. The smallest absolute Gasteiger partial charge is 0.103 e. The van der Waals surface area contributed by atoms with E-state index in [0.29, 0.717) is 0 Å². The summed E-state index contributed by atoms with van der Waals surface area (Å²) < 4.78 is 0. The van der Waals surface area contributed by atoms with E-state index in [2.05, 4.69) is 34.6 Å². The maximum atomic E-state index is 5.82. The third kappa shape index (κ3) is 3.56. The molecule has 0 aliphatic rings. The number of nitrogens with zero attached hydrogens (tertiary/aromatic N) is 1. The van der Waals surface area contributed by atoms with Crippen molar-refractivity contribution in [1.29, 1.82) is 0 Å². The highest BCUT2D eigenvalue weighted by atomic mass is 32.2. The normalized spacial score (nSPS) is 12.6. The Labute approximate surface area is 110 Å². The van der Waals surface area contributed by atoms with E-state index in [-0.39, 0.29) is 6.04 Å². The van der Waals surface area contributed by atoms with Crippen molar-refractivity contribution in [3.05, 3.63) is 45.9 Å². The van der Waals surface area contributed by atoms with Crippen LogP contribution in [-0.4, -0.2) is 4.98 Å². The molecule has 1 heterocycles. The molecule has 0 saturated heterocycles. The Bertz CT molecular complexity index is 474. The first-order chi connectivity index (χ1) is 8.15.